The number of aryl methyl sites for hydroxylation is 1. The van der Waals surface area contributed by atoms with E-state index in [0.29, 0.717) is 5.76 Å². The molecule has 1 N–H and O–H groups in total. The lowest BCUT2D eigenvalue weighted by Gasteiger charge is -2.04. The summed E-state index contributed by atoms with van der Waals surface area (Å²) in [5, 5.41) is 0. The first-order valence-corrected chi connectivity index (χ1v) is 7.31. The first-order chi connectivity index (χ1) is 9.47. The van der Waals surface area contributed by atoms with E-state index in [1.165, 1.54) is 24.5 Å². The summed E-state index contributed by atoms with van der Waals surface area (Å²) in [7, 11) is -3.85. The Morgan fingerprint density at radius 1 is 1.20 bits per heavy atom. The molecule has 5 nitrogen and oxygen atoms in total. The van der Waals surface area contributed by atoms with E-state index in [4.69, 9.17) is 4.42 Å². The van der Waals surface area contributed by atoms with Crippen molar-refractivity contribution in [3.8, 4) is 0 Å². The van der Waals surface area contributed by atoms with Crippen LogP contribution in [0.25, 0.3) is 6.08 Å². The fourth-order valence-electron chi connectivity index (χ4n) is 1.49. The minimum Gasteiger partial charge on any atom is -0.465 e. The van der Waals surface area contributed by atoms with Gasteiger partial charge in [0, 0.05) is 6.08 Å². The first-order valence-electron chi connectivity index (χ1n) is 5.82. The molecule has 0 aliphatic heterocycles. The highest BCUT2D eigenvalue weighted by molar-refractivity contribution is 7.90. The quantitative estimate of drug-likeness (QED) is 0.875. The third-order valence-corrected chi connectivity index (χ3v) is 3.87. The number of sulfonamides is 1. The maximum Gasteiger partial charge on any atom is 0.264 e. The zero-order valence-electron chi connectivity index (χ0n) is 10.7. The molecule has 1 heterocycles. The van der Waals surface area contributed by atoms with Crippen LogP contribution in [0.15, 0.2) is 58.1 Å². The van der Waals surface area contributed by atoms with E-state index in [9.17, 15) is 13.2 Å². The topological polar surface area (TPSA) is 76.4 Å². The second kappa shape index (κ2) is 5.75. The van der Waals surface area contributed by atoms with Gasteiger partial charge in [-0.2, -0.15) is 0 Å². The number of carbonyl (C=O) groups excluding carboxylic acids is 1. The molecule has 1 amide bonds. The number of amides is 1. The Bertz CT molecular complexity index is 713. The van der Waals surface area contributed by atoms with Crippen molar-refractivity contribution < 1.29 is 17.6 Å². The van der Waals surface area contributed by atoms with E-state index >= 15 is 0 Å². The predicted octanol–water partition coefficient (Wildman–Crippen LogP) is 2.11. The van der Waals surface area contributed by atoms with Gasteiger partial charge in [-0.25, -0.2) is 13.1 Å². The monoisotopic (exact) mass is 291 g/mol. The van der Waals surface area contributed by atoms with Crippen molar-refractivity contribution in [2.24, 2.45) is 0 Å². The van der Waals surface area contributed by atoms with Gasteiger partial charge in [-0.1, -0.05) is 17.7 Å². The van der Waals surface area contributed by atoms with Gasteiger partial charge in [0.15, 0.2) is 0 Å². The van der Waals surface area contributed by atoms with Crippen LogP contribution < -0.4 is 4.72 Å². The summed E-state index contributed by atoms with van der Waals surface area (Å²) < 4.78 is 30.8. The normalized spacial score (nSPS) is 11.7. The van der Waals surface area contributed by atoms with Crippen LogP contribution >= 0.6 is 0 Å². The van der Waals surface area contributed by atoms with Crippen LogP contribution in [-0.4, -0.2) is 14.3 Å². The molecule has 6 heteroatoms. The average molecular weight is 291 g/mol. The molecular formula is C14H13NO4S. The third-order valence-electron chi connectivity index (χ3n) is 2.51. The van der Waals surface area contributed by atoms with Crippen LogP contribution in [0.2, 0.25) is 0 Å². The number of nitrogens with one attached hydrogen (secondary N) is 1. The molecule has 20 heavy (non-hydrogen) atoms. The lowest BCUT2D eigenvalue weighted by molar-refractivity contribution is -0.114. The molecule has 1 aromatic carbocycles. The molecule has 0 aliphatic rings. The van der Waals surface area contributed by atoms with Crippen molar-refractivity contribution in [2.75, 3.05) is 0 Å². The number of hydrogen-bond donors (Lipinski definition) is 1. The van der Waals surface area contributed by atoms with Crippen molar-refractivity contribution in [1.82, 2.24) is 4.72 Å². The van der Waals surface area contributed by atoms with E-state index in [2.05, 4.69) is 0 Å². The zero-order valence-corrected chi connectivity index (χ0v) is 11.6. The molecule has 0 radical (unpaired) electrons. The van der Waals surface area contributed by atoms with Crippen molar-refractivity contribution >= 4 is 22.0 Å². The summed E-state index contributed by atoms with van der Waals surface area (Å²) in [5.41, 5.74) is 0.938. The summed E-state index contributed by atoms with van der Waals surface area (Å²) in [5.74, 6) is -0.269. The predicted molar refractivity (Wildman–Crippen MR) is 74.2 cm³/mol. The summed E-state index contributed by atoms with van der Waals surface area (Å²) in [6.07, 6.45) is 3.95. The molecule has 2 aromatic rings. The van der Waals surface area contributed by atoms with Crippen molar-refractivity contribution in [3.63, 3.8) is 0 Å². The molecule has 2 rings (SSSR count). The average Bonchev–Trinajstić information content (AvgIpc) is 2.89. The fraction of sp³-hybridized carbons (Fsp3) is 0.0714. The second-order valence-electron chi connectivity index (χ2n) is 4.13. The Morgan fingerprint density at radius 3 is 2.50 bits per heavy atom. The summed E-state index contributed by atoms with van der Waals surface area (Å²) >= 11 is 0. The molecule has 104 valence electrons. The SMILES string of the molecule is Cc1ccc(S(=O)(=O)NC(=O)/C=C/c2ccco2)cc1. The highest BCUT2D eigenvalue weighted by Gasteiger charge is 2.15. The minimum absolute atomic E-state index is 0.0443. The highest BCUT2D eigenvalue weighted by atomic mass is 32.2. The molecule has 0 saturated carbocycles. The largest absolute Gasteiger partial charge is 0.465 e. The molecule has 0 atom stereocenters. The van der Waals surface area contributed by atoms with Crippen molar-refractivity contribution in [2.45, 2.75) is 11.8 Å². The van der Waals surface area contributed by atoms with Gasteiger partial charge in [0.05, 0.1) is 11.2 Å². The third kappa shape index (κ3) is 3.58. The lowest BCUT2D eigenvalue weighted by Crippen LogP contribution is -2.28. The van der Waals surface area contributed by atoms with Gasteiger partial charge in [-0.05, 0) is 37.3 Å². The highest BCUT2D eigenvalue weighted by Crippen LogP contribution is 2.10. The Morgan fingerprint density at radius 2 is 1.90 bits per heavy atom. The van der Waals surface area contributed by atoms with Crippen LogP contribution in [0, 0.1) is 6.92 Å². The van der Waals surface area contributed by atoms with Crippen LogP contribution in [0.1, 0.15) is 11.3 Å². The molecular weight excluding hydrogens is 278 g/mol. The van der Waals surface area contributed by atoms with Gasteiger partial charge >= 0.3 is 0 Å². The zero-order chi connectivity index (χ0) is 14.6. The number of benzene rings is 1. The molecule has 0 unspecified atom stereocenters. The van der Waals surface area contributed by atoms with Crippen LogP contribution in [0.4, 0.5) is 0 Å². The Labute approximate surface area is 117 Å². The lowest BCUT2D eigenvalue weighted by atomic mass is 10.2. The maximum absolute atomic E-state index is 11.9. The van der Waals surface area contributed by atoms with Gasteiger partial charge in [-0.3, -0.25) is 4.79 Å². The standard InChI is InChI=1S/C14H13NO4S/c1-11-4-7-13(8-5-11)20(17,18)15-14(16)9-6-12-3-2-10-19-12/h2-10H,1H3,(H,15,16)/b9-6+. The van der Waals surface area contributed by atoms with Gasteiger partial charge in [-0.15, -0.1) is 0 Å². The first kappa shape index (κ1) is 14.1. The fourth-order valence-corrected chi connectivity index (χ4v) is 2.43. The molecule has 0 spiro atoms. The van der Waals surface area contributed by atoms with Crippen LogP contribution in [0.5, 0.6) is 0 Å². The van der Waals surface area contributed by atoms with E-state index in [-0.39, 0.29) is 4.90 Å². The molecule has 0 saturated heterocycles. The molecule has 0 bridgehead atoms. The second-order valence-corrected chi connectivity index (χ2v) is 5.81. The van der Waals surface area contributed by atoms with Gasteiger partial charge in [0.1, 0.15) is 5.76 Å². The Balaban J connectivity index is 2.08. The van der Waals surface area contributed by atoms with Crippen LogP contribution in [0.3, 0.4) is 0 Å². The van der Waals surface area contributed by atoms with Crippen molar-refractivity contribution in [3.05, 3.63) is 60.1 Å². The number of furan rings is 1. The molecule has 1 aromatic heterocycles. The number of hydrogen-bond acceptors (Lipinski definition) is 4. The van der Waals surface area contributed by atoms with Gasteiger partial charge < -0.3 is 4.42 Å². The molecule has 0 fully saturated rings. The van der Waals surface area contributed by atoms with Crippen molar-refractivity contribution in [1.29, 1.82) is 0 Å². The molecule has 0 aliphatic carbocycles. The van der Waals surface area contributed by atoms with E-state index in [1.807, 2.05) is 11.6 Å². The maximum atomic E-state index is 11.9. The summed E-state index contributed by atoms with van der Waals surface area (Å²) in [6.45, 7) is 1.85. The van der Waals surface area contributed by atoms with Crippen LogP contribution in [-0.2, 0) is 14.8 Å². The van der Waals surface area contributed by atoms with E-state index in [0.717, 1.165) is 11.6 Å². The van der Waals surface area contributed by atoms with Gasteiger partial charge in [0.2, 0.25) is 0 Å². The number of rotatable bonds is 4. The van der Waals surface area contributed by atoms with Gasteiger partial charge in [0.25, 0.3) is 15.9 Å². The minimum atomic E-state index is -3.85. The smallest absolute Gasteiger partial charge is 0.264 e. The summed E-state index contributed by atoms with van der Waals surface area (Å²) in [4.78, 5) is 11.6. The van der Waals surface area contributed by atoms with E-state index < -0.39 is 15.9 Å². The Hall–Kier alpha value is -2.34. The number of carbonyl (C=O) groups is 1. The summed E-state index contributed by atoms with van der Waals surface area (Å²) in [6, 6.07) is 9.54. The van der Waals surface area contributed by atoms with E-state index in [1.54, 1.807) is 24.3 Å². The Kier molecular flexibility index (Phi) is 4.05.